The zero-order valence-corrected chi connectivity index (χ0v) is 12.8. The molecule has 4 atom stereocenters. The normalized spacial score (nSPS) is 29.9. The lowest BCUT2D eigenvalue weighted by Gasteiger charge is -2.34. The Labute approximate surface area is 116 Å². The Hall–Kier alpha value is -0.220. The Morgan fingerprint density at radius 1 is 1.44 bits per heavy atom. The highest BCUT2D eigenvalue weighted by Crippen LogP contribution is 2.29. The third-order valence-electron chi connectivity index (χ3n) is 4.09. The molecule has 0 aromatic rings. The number of hydrogen-bond acceptors (Lipinski definition) is 3. The first-order valence-corrected chi connectivity index (χ1v) is 8.27. The lowest BCUT2D eigenvalue weighted by atomic mass is 9.78. The molecule has 0 aromatic heterocycles. The van der Waals surface area contributed by atoms with Gasteiger partial charge in [0.2, 0.25) is 5.91 Å². The minimum atomic E-state index is 0.190. The van der Waals surface area contributed by atoms with Crippen molar-refractivity contribution in [3.8, 4) is 0 Å². The molecular weight excluding hydrogens is 244 g/mol. The van der Waals surface area contributed by atoms with Gasteiger partial charge in [0.25, 0.3) is 0 Å². The van der Waals surface area contributed by atoms with Crippen molar-refractivity contribution in [1.29, 1.82) is 0 Å². The Morgan fingerprint density at radius 3 is 2.83 bits per heavy atom. The van der Waals surface area contributed by atoms with Crippen LogP contribution in [-0.4, -0.2) is 30.0 Å². The minimum absolute atomic E-state index is 0.190. The molecule has 0 aliphatic heterocycles. The van der Waals surface area contributed by atoms with Gasteiger partial charge in [-0.05, 0) is 36.5 Å². The number of carbonyl (C=O) groups is 1. The van der Waals surface area contributed by atoms with E-state index in [9.17, 15) is 4.79 Å². The van der Waals surface area contributed by atoms with E-state index in [4.69, 9.17) is 5.73 Å². The van der Waals surface area contributed by atoms with Crippen LogP contribution in [0.3, 0.4) is 0 Å². The molecule has 3 nitrogen and oxygen atoms in total. The van der Waals surface area contributed by atoms with Crippen LogP contribution in [0.1, 0.15) is 40.0 Å². The number of carbonyl (C=O) groups excluding carboxylic acids is 1. The van der Waals surface area contributed by atoms with Crippen molar-refractivity contribution in [2.75, 3.05) is 18.1 Å². The second kappa shape index (κ2) is 8.05. The Balaban J connectivity index is 2.23. The minimum Gasteiger partial charge on any atom is -0.352 e. The lowest BCUT2D eigenvalue weighted by molar-refractivity contribution is -0.119. The molecule has 3 N–H and O–H groups in total. The second-order valence-corrected chi connectivity index (χ2v) is 6.83. The molecule has 1 amide bonds. The van der Waals surface area contributed by atoms with Gasteiger partial charge in [0.1, 0.15) is 0 Å². The average Bonchev–Trinajstić information content (AvgIpc) is 2.34. The van der Waals surface area contributed by atoms with Gasteiger partial charge in [0.05, 0.1) is 5.75 Å². The molecule has 4 heteroatoms. The smallest absolute Gasteiger partial charge is 0.230 e. The SMILES string of the molecule is CC(CN)CSCC(=O)NC1CCCC(C)C1C. The van der Waals surface area contributed by atoms with Crippen LogP contribution in [0, 0.1) is 17.8 Å². The summed E-state index contributed by atoms with van der Waals surface area (Å²) in [6.07, 6.45) is 3.69. The first-order chi connectivity index (χ1) is 8.54. The molecule has 0 heterocycles. The van der Waals surface area contributed by atoms with Crippen LogP contribution < -0.4 is 11.1 Å². The van der Waals surface area contributed by atoms with Crippen LogP contribution in [0.2, 0.25) is 0 Å². The van der Waals surface area contributed by atoms with Crippen molar-refractivity contribution in [3.05, 3.63) is 0 Å². The molecule has 0 aromatic carbocycles. The fraction of sp³-hybridized carbons (Fsp3) is 0.929. The molecule has 0 saturated heterocycles. The number of nitrogens with one attached hydrogen (secondary N) is 1. The van der Waals surface area contributed by atoms with Gasteiger partial charge in [-0.25, -0.2) is 0 Å². The summed E-state index contributed by atoms with van der Waals surface area (Å²) in [5, 5.41) is 3.20. The number of hydrogen-bond donors (Lipinski definition) is 2. The van der Waals surface area contributed by atoms with Gasteiger partial charge in [0.15, 0.2) is 0 Å². The van der Waals surface area contributed by atoms with Crippen molar-refractivity contribution >= 4 is 17.7 Å². The maximum absolute atomic E-state index is 11.9. The predicted molar refractivity (Wildman–Crippen MR) is 79.7 cm³/mol. The topological polar surface area (TPSA) is 55.1 Å². The van der Waals surface area contributed by atoms with Crippen LogP contribution in [0.5, 0.6) is 0 Å². The second-order valence-electron chi connectivity index (χ2n) is 5.80. The van der Waals surface area contributed by atoms with E-state index in [-0.39, 0.29) is 5.91 Å². The number of thioether (sulfide) groups is 1. The molecule has 1 rings (SSSR count). The molecule has 106 valence electrons. The van der Waals surface area contributed by atoms with E-state index in [0.29, 0.717) is 30.2 Å². The summed E-state index contributed by atoms with van der Waals surface area (Å²) in [6, 6.07) is 0.383. The van der Waals surface area contributed by atoms with E-state index in [1.54, 1.807) is 11.8 Å². The fourth-order valence-electron chi connectivity index (χ4n) is 2.46. The molecule has 1 aliphatic rings. The van der Waals surface area contributed by atoms with Gasteiger partial charge in [-0.1, -0.05) is 33.6 Å². The highest BCUT2D eigenvalue weighted by atomic mass is 32.2. The van der Waals surface area contributed by atoms with E-state index in [0.717, 1.165) is 18.1 Å². The summed E-state index contributed by atoms with van der Waals surface area (Å²) >= 11 is 1.69. The number of amides is 1. The average molecular weight is 272 g/mol. The standard InChI is InChI=1S/C14H28N2OS/c1-10(7-15)8-18-9-14(17)16-13-6-4-5-11(2)12(13)3/h10-13H,4-9,15H2,1-3H3,(H,16,17). The molecule has 1 saturated carbocycles. The monoisotopic (exact) mass is 272 g/mol. The van der Waals surface area contributed by atoms with E-state index in [1.807, 2.05) is 0 Å². The van der Waals surface area contributed by atoms with Crippen LogP contribution in [0.25, 0.3) is 0 Å². The van der Waals surface area contributed by atoms with Crippen molar-refractivity contribution in [1.82, 2.24) is 5.32 Å². The molecule has 4 unspecified atom stereocenters. The van der Waals surface area contributed by atoms with Crippen molar-refractivity contribution in [3.63, 3.8) is 0 Å². The lowest BCUT2D eigenvalue weighted by Crippen LogP contribution is -2.44. The zero-order valence-electron chi connectivity index (χ0n) is 11.9. The fourth-order valence-corrected chi connectivity index (χ4v) is 3.38. The first-order valence-electron chi connectivity index (χ1n) is 7.11. The maximum atomic E-state index is 11.9. The Bertz CT molecular complexity index is 260. The van der Waals surface area contributed by atoms with Gasteiger partial charge >= 0.3 is 0 Å². The van der Waals surface area contributed by atoms with Crippen LogP contribution in [0.15, 0.2) is 0 Å². The Kier molecular flexibility index (Phi) is 7.08. The highest BCUT2D eigenvalue weighted by Gasteiger charge is 2.27. The maximum Gasteiger partial charge on any atom is 0.230 e. The van der Waals surface area contributed by atoms with Crippen molar-refractivity contribution in [2.45, 2.75) is 46.1 Å². The third-order valence-corrected chi connectivity index (χ3v) is 5.36. The largest absolute Gasteiger partial charge is 0.352 e. The van der Waals surface area contributed by atoms with Gasteiger partial charge < -0.3 is 11.1 Å². The number of rotatable bonds is 6. The van der Waals surface area contributed by atoms with Gasteiger partial charge in [0, 0.05) is 6.04 Å². The summed E-state index contributed by atoms with van der Waals surface area (Å²) in [5.74, 6) is 3.57. The van der Waals surface area contributed by atoms with Gasteiger partial charge in [-0.2, -0.15) is 11.8 Å². The molecule has 0 radical (unpaired) electrons. The predicted octanol–water partition coefficient (Wildman–Crippen LogP) is 2.26. The molecule has 0 bridgehead atoms. The number of nitrogens with two attached hydrogens (primary N) is 1. The summed E-state index contributed by atoms with van der Waals surface area (Å²) in [5.41, 5.74) is 5.56. The van der Waals surface area contributed by atoms with Crippen LogP contribution in [0.4, 0.5) is 0 Å². The van der Waals surface area contributed by atoms with E-state index >= 15 is 0 Å². The molecule has 0 spiro atoms. The Morgan fingerprint density at radius 2 is 2.17 bits per heavy atom. The van der Waals surface area contributed by atoms with E-state index < -0.39 is 0 Å². The van der Waals surface area contributed by atoms with Crippen LogP contribution in [-0.2, 0) is 4.79 Å². The summed E-state index contributed by atoms with van der Waals surface area (Å²) in [4.78, 5) is 11.9. The zero-order chi connectivity index (χ0) is 13.5. The summed E-state index contributed by atoms with van der Waals surface area (Å²) in [6.45, 7) is 7.38. The summed E-state index contributed by atoms with van der Waals surface area (Å²) < 4.78 is 0. The molecular formula is C14H28N2OS. The summed E-state index contributed by atoms with van der Waals surface area (Å²) in [7, 11) is 0. The van der Waals surface area contributed by atoms with E-state index in [2.05, 4.69) is 26.1 Å². The van der Waals surface area contributed by atoms with Crippen molar-refractivity contribution in [2.24, 2.45) is 23.5 Å². The quantitative estimate of drug-likeness (QED) is 0.780. The molecule has 1 fully saturated rings. The van der Waals surface area contributed by atoms with Crippen molar-refractivity contribution < 1.29 is 4.79 Å². The van der Waals surface area contributed by atoms with Gasteiger partial charge in [-0.15, -0.1) is 0 Å². The first kappa shape index (κ1) is 15.8. The molecule has 1 aliphatic carbocycles. The van der Waals surface area contributed by atoms with Crippen LogP contribution >= 0.6 is 11.8 Å². The molecule has 18 heavy (non-hydrogen) atoms. The third kappa shape index (κ3) is 5.19. The van der Waals surface area contributed by atoms with Gasteiger partial charge in [-0.3, -0.25) is 4.79 Å². The highest BCUT2D eigenvalue weighted by molar-refractivity contribution is 7.99. The van der Waals surface area contributed by atoms with E-state index in [1.165, 1.54) is 12.8 Å².